The predicted octanol–water partition coefficient (Wildman–Crippen LogP) is 3.19. The Balaban J connectivity index is 1.59. The highest BCUT2D eigenvalue weighted by Gasteiger charge is 2.21. The quantitative estimate of drug-likeness (QED) is 0.482. The zero-order chi connectivity index (χ0) is 23.6. The van der Waals surface area contributed by atoms with Gasteiger partial charge in [-0.2, -0.15) is 0 Å². The van der Waals surface area contributed by atoms with Crippen LogP contribution in [0.25, 0.3) is 11.3 Å². The zero-order valence-electron chi connectivity index (χ0n) is 19.3. The van der Waals surface area contributed by atoms with Crippen molar-refractivity contribution >= 4 is 11.8 Å². The number of rotatable bonds is 11. The molecule has 0 saturated carbocycles. The van der Waals surface area contributed by atoms with Crippen molar-refractivity contribution in [2.75, 3.05) is 33.4 Å². The third kappa shape index (κ3) is 6.98. The molecule has 8 heteroatoms. The van der Waals surface area contributed by atoms with Crippen LogP contribution in [0.5, 0.6) is 0 Å². The maximum Gasteiger partial charge on any atom is 0.276 e. The predicted molar refractivity (Wildman–Crippen MR) is 125 cm³/mol. The van der Waals surface area contributed by atoms with Gasteiger partial charge in [-0.3, -0.25) is 14.6 Å². The van der Waals surface area contributed by atoms with E-state index in [9.17, 15) is 9.59 Å². The first-order valence-electron chi connectivity index (χ1n) is 11.0. The van der Waals surface area contributed by atoms with E-state index in [-0.39, 0.29) is 30.5 Å². The van der Waals surface area contributed by atoms with Crippen LogP contribution in [0.1, 0.15) is 33.7 Å². The number of methoxy groups -OCH3 is 1. The molecule has 2 heterocycles. The van der Waals surface area contributed by atoms with E-state index in [0.717, 1.165) is 22.4 Å². The average Bonchev–Trinajstić information content (AvgIpc) is 3.31. The third-order valence-electron chi connectivity index (χ3n) is 5.28. The highest BCUT2D eigenvalue weighted by atomic mass is 16.5. The lowest BCUT2D eigenvalue weighted by molar-refractivity contribution is -0.121. The summed E-state index contributed by atoms with van der Waals surface area (Å²) >= 11 is 0. The molecule has 0 aliphatic carbocycles. The van der Waals surface area contributed by atoms with E-state index in [2.05, 4.69) is 15.5 Å². The molecule has 1 aromatic carbocycles. The molecule has 2 amide bonds. The van der Waals surface area contributed by atoms with Gasteiger partial charge in [0.2, 0.25) is 5.91 Å². The number of hydrogen-bond acceptors (Lipinski definition) is 6. The number of amides is 2. The van der Waals surface area contributed by atoms with Crippen molar-refractivity contribution < 1.29 is 18.8 Å². The Morgan fingerprint density at radius 2 is 1.97 bits per heavy atom. The number of nitrogens with one attached hydrogen (secondary N) is 1. The number of benzene rings is 1. The van der Waals surface area contributed by atoms with Gasteiger partial charge in [0.15, 0.2) is 11.5 Å². The maximum absolute atomic E-state index is 13.1. The average molecular weight is 451 g/mol. The standard InChI is InChI=1S/C25H30N4O4/c1-18-7-8-19(2)21(16-18)23-17-22(28-33-23)25(31)29(14-15-32-3)13-10-24(30)27-12-9-20-6-4-5-11-26-20/h4-8,11,16-17H,9-10,12-15H2,1-3H3,(H,27,30). The summed E-state index contributed by atoms with van der Waals surface area (Å²) in [5.41, 5.74) is 4.15. The van der Waals surface area contributed by atoms with Crippen molar-refractivity contribution in [3.8, 4) is 11.3 Å². The Morgan fingerprint density at radius 1 is 1.12 bits per heavy atom. The number of pyridine rings is 1. The highest BCUT2D eigenvalue weighted by molar-refractivity contribution is 5.93. The fraction of sp³-hybridized carbons (Fsp3) is 0.360. The lowest BCUT2D eigenvalue weighted by Crippen LogP contribution is -2.37. The van der Waals surface area contributed by atoms with Crippen molar-refractivity contribution in [2.45, 2.75) is 26.7 Å². The van der Waals surface area contributed by atoms with Gasteiger partial charge in [-0.1, -0.05) is 28.9 Å². The molecule has 3 rings (SSSR count). The molecule has 0 bridgehead atoms. The Labute approximate surface area is 193 Å². The van der Waals surface area contributed by atoms with Gasteiger partial charge in [0.25, 0.3) is 5.91 Å². The van der Waals surface area contributed by atoms with Crippen molar-refractivity contribution in [3.63, 3.8) is 0 Å². The zero-order valence-corrected chi connectivity index (χ0v) is 19.3. The van der Waals surface area contributed by atoms with Crippen molar-refractivity contribution in [2.24, 2.45) is 0 Å². The lowest BCUT2D eigenvalue weighted by Gasteiger charge is -2.21. The Kier molecular flexibility index (Phi) is 8.71. The van der Waals surface area contributed by atoms with Gasteiger partial charge < -0.3 is 19.5 Å². The molecule has 0 atom stereocenters. The summed E-state index contributed by atoms with van der Waals surface area (Å²) < 4.78 is 10.6. The van der Waals surface area contributed by atoms with Crippen molar-refractivity contribution in [1.29, 1.82) is 0 Å². The van der Waals surface area contributed by atoms with Gasteiger partial charge in [0.1, 0.15) is 0 Å². The monoisotopic (exact) mass is 450 g/mol. The molecular weight excluding hydrogens is 420 g/mol. The molecule has 0 aliphatic rings. The molecule has 0 spiro atoms. The fourth-order valence-corrected chi connectivity index (χ4v) is 3.38. The summed E-state index contributed by atoms with van der Waals surface area (Å²) in [6.07, 6.45) is 2.56. The molecule has 0 unspecified atom stereocenters. The number of carbonyl (C=O) groups excluding carboxylic acids is 2. The summed E-state index contributed by atoms with van der Waals surface area (Å²) in [7, 11) is 1.57. The largest absolute Gasteiger partial charge is 0.383 e. The molecule has 0 radical (unpaired) electrons. The molecule has 0 aliphatic heterocycles. The first-order valence-corrected chi connectivity index (χ1v) is 11.0. The summed E-state index contributed by atoms with van der Waals surface area (Å²) in [6, 6.07) is 13.4. The number of ether oxygens (including phenoxy) is 1. The van der Waals surface area contributed by atoms with Gasteiger partial charge in [-0.05, 0) is 37.6 Å². The van der Waals surface area contributed by atoms with Crippen LogP contribution in [0.15, 0.2) is 53.2 Å². The van der Waals surface area contributed by atoms with E-state index >= 15 is 0 Å². The van der Waals surface area contributed by atoms with Crippen LogP contribution in [-0.2, 0) is 16.0 Å². The normalized spacial score (nSPS) is 10.8. The Morgan fingerprint density at radius 3 is 2.73 bits per heavy atom. The molecule has 0 saturated heterocycles. The van der Waals surface area contributed by atoms with Gasteiger partial charge in [-0.15, -0.1) is 0 Å². The van der Waals surface area contributed by atoms with E-state index in [1.165, 1.54) is 0 Å². The van der Waals surface area contributed by atoms with Crippen LogP contribution in [0, 0.1) is 13.8 Å². The topological polar surface area (TPSA) is 97.6 Å². The second-order valence-corrected chi connectivity index (χ2v) is 7.85. The number of carbonyl (C=O) groups is 2. The first kappa shape index (κ1) is 24.1. The first-order chi connectivity index (χ1) is 16.0. The number of nitrogens with zero attached hydrogens (tertiary/aromatic N) is 3. The van der Waals surface area contributed by atoms with E-state index in [0.29, 0.717) is 31.9 Å². The minimum absolute atomic E-state index is 0.127. The van der Waals surface area contributed by atoms with E-state index < -0.39 is 0 Å². The SMILES string of the molecule is COCCN(CCC(=O)NCCc1ccccn1)C(=O)c1cc(-c2cc(C)ccc2C)on1. The molecule has 0 fully saturated rings. The summed E-state index contributed by atoms with van der Waals surface area (Å²) in [6.45, 7) is 5.43. The molecular formula is C25H30N4O4. The van der Waals surface area contributed by atoms with Gasteiger partial charge in [-0.25, -0.2) is 0 Å². The molecule has 8 nitrogen and oxygen atoms in total. The van der Waals surface area contributed by atoms with Crippen LogP contribution >= 0.6 is 0 Å². The number of aryl methyl sites for hydroxylation is 2. The Hall–Kier alpha value is -3.52. The molecule has 2 aromatic heterocycles. The van der Waals surface area contributed by atoms with Crippen LogP contribution in [0.2, 0.25) is 0 Å². The molecule has 1 N–H and O–H groups in total. The van der Waals surface area contributed by atoms with Gasteiger partial charge in [0, 0.05) is 63.1 Å². The van der Waals surface area contributed by atoms with Gasteiger partial charge in [0.05, 0.1) is 6.61 Å². The summed E-state index contributed by atoms with van der Waals surface area (Å²) in [4.78, 5) is 31.2. The third-order valence-corrected chi connectivity index (χ3v) is 5.28. The van der Waals surface area contributed by atoms with Crippen LogP contribution in [0.4, 0.5) is 0 Å². The molecule has 33 heavy (non-hydrogen) atoms. The maximum atomic E-state index is 13.1. The van der Waals surface area contributed by atoms with Crippen molar-refractivity contribution in [3.05, 3.63) is 71.2 Å². The second kappa shape index (κ2) is 11.9. The Bertz CT molecular complexity index is 1070. The minimum atomic E-state index is -0.298. The van der Waals surface area contributed by atoms with Crippen LogP contribution in [0.3, 0.4) is 0 Å². The highest BCUT2D eigenvalue weighted by Crippen LogP contribution is 2.25. The molecule has 3 aromatic rings. The lowest BCUT2D eigenvalue weighted by atomic mass is 10.0. The van der Waals surface area contributed by atoms with E-state index in [1.54, 1.807) is 24.3 Å². The minimum Gasteiger partial charge on any atom is -0.383 e. The smallest absolute Gasteiger partial charge is 0.276 e. The summed E-state index contributed by atoms with van der Waals surface area (Å²) in [5.74, 6) is 0.115. The van der Waals surface area contributed by atoms with Crippen LogP contribution in [-0.4, -0.2) is 60.2 Å². The van der Waals surface area contributed by atoms with E-state index in [1.807, 2.05) is 50.2 Å². The van der Waals surface area contributed by atoms with Crippen molar-refractivity contribution in [1.82, 2.24) is 20.4 Å². The second-order valence-electron chi connectivity index (χ2n) is 7.85. The molecule has 174 valence electrons. The number of hydrogen-bond donors (Lipinski definition) is 1. The van der Waals surface area contributed by atoms with E-state index in [4.69, 9.17) is 9.26 Å². The summed E-state index contributed by atoms with van der Waals surface area (Å²) in [5, 5.41) is 6.86. The number of aromatic nitrogens is 2. The van der Waals surface area contributed by atoms with Gasteiger partial charge >= 0.3 is 0 Å². The fourth-order valence-electron chi connectivity index (χ4n) is 3.38. The van der Waals surface area contributed by atoms with Crippen LogP contribution < -0.4 is 5.32 Å².